The first-order valence-corrected chi connectivity index (χ1v) is 7.91. The summed E-state index contributed by atoms with van der Waals surface area (Å²) in [4.78, 5) is 0. The van der Waals surface area contributed by atoms with Gasteiger partial charge in [0.1, 0.15) is 0 Å². The van der Waals surface area contributed by atoms with Gasteiger partial charge in [-0.1, -0.05) is 45.0 Å². The highest BCUT2D eigenvalue weighted by molar-refractivity contribution is 7.71. The van der Waals surface area contributed by atoms with Gasteiger partial charge in [-0.15, -0.1) is 0 Å². The van der Waals surface area contributed by atoms with Gasteiger partial charge in [-0.3, -0.25) is 5.10 Å². The van der Waals surface area contributed by atoms with Crippen LogP contribution < -0.4 is 0 Å². The highest BCUT2D eigenvalue weighted by Crippen LogP contribution is 2.20. The lowest BCUT2D eigenvalue weighted by Crippen LogP contribution is -2.05. The maximum atomic E-state index is 5.27. The quantitative estimate of drug-likeness (QED) is 0.639. The zero-order chi connectivity index (χ0) is 15.2. The van der Waals surface area contributed by atoms with Crippen molar-refractivity contribution in [3.63, 3.8) is 0 Å². The fourth-order valence-electron chi connectivity index (χ4n) is 2.30. The summed E-state index contributed by atoms with van der Waals surface area (Å²) in [6.07, 6.45) is 4.92. The van der Waals surface area contributed by atoms with Crippen LogP contribution in [0.5, 0.6) is 0 Å². The van der Waals surface area contributed by atoms with E-state index in [1.165, 1.54) is 5.56 Å². The molecule has 2 rings (SSSR count). The first-order valence-electron chi connectivity index (χ1n) is 7.50. The van der Waals surface area contributed by atoms with Crippen molar-refractivity contribution in [1.82, 2.24) is 14.9 Å². The summed E-state index contributed by atoms with van der Waals surface area (Å²) in [7, 11) is 0. The summed E-state index contributed by atoms with van der Waals surface area (Å²) < 4.78 is 2.28. The predicted octanol–water partition coefficient (Wildman–Crippen LogP) is 4.29. The number of aromatic amines is 1. The Morgan fingerprint density at radius 2 is 1.90 bits per heavy atom. The Labute approximate surface area is 130 Å². The second-order valence-corrected chi connectivity index (χ2v) is 5.44. The van der Waals surface area contributed by atoms with Gasteiger partial charge < -0.3 is 0 Å². The smallest absolute Gasteiger partial charge is 0.216 e. The Balaban J connectivity index is 2.27. The number of aromatic nitrogens is 3. The molecule has 0 atom stereocenters. The summed E-state index contributed by atoms with van der Waals surface area (Å²) in [5.74, 6) is 1.28. The number of H-pyrrole nitrogens is 1. The Morgan fingerprint density at radius 1 is 1.24 bits per heavy atom. The number of hydrogen-bond donors (Lipinski definition) is 1. The fraction of sp³-hybridized carbons (Fsp3) is 0.438. The molecule has 4 nitrogen and oxygen atoms in total. The van der Waals surface area contributed by atoms with E-state index in [9.17, 15) is 0 Å². The molecule has 0 spiro atoms. The van der Waals surface area contributed by atoms with E-state index in [0.29, 0.717) is 10.7 Å². The largest absolute Gasteiger partial charge is 0.250 e. The minimum absolute atomic E-state index is 0.373. The van der Waals surface area contributed by atoms with E-state index in [1.54, 1.807) is 4.68 Å². The number of benzene rings is 1. The zero-order valence-corrected chi connectivity index (χ0v) is 13.7. The van der Waals surface area contributed by atoms with Crippen LogP contribution in [0, 0.1) is 4.77 Å². The molecule has 0 fully saturated rings. The molecule has 21 heavy (non-hydrogen) atoms. The molecule has 2 aromatic rings. The number of nitrogens with one attached hydrogen (secondary N) is 1. The van der Waals surface area contributed by atoms with Crippen LogP contribution in [-0.4, -0.2) is 21.1 Å². The Bertz CT molecular complexity index is 648. The number of nitrogens with zero attached hydrogens (tertiary/aromatic N) is 3. The first kappa shape index (κ1) is 15.6. The molecule has 1 aromatic heterocycles. The van der Waals surface area contributed by atoms with Gasteiger partial charge in [0, 0.05) is 5.92 Å². The minimum atomic E-state index is 0.373. The summed E-state index contributed by atoms with van der Waals surface area (Å²) >= 11 is 5.27. The molecule has 1 aromatic carbocycles. The molecule has 0 saturated heterocycles. The van der Waals surface area contributed by atoms with Crippen LogP contribution in [0.4, 0.5) is 0 Å². The molecule has 0 aliphatic heterocycles. The lowest BCUT2D eigenvalue weighted by atomic mass is 10.0. The SMILES string of the molecule is CCc1ccc(/C=N\n2c(C(CC)CC)n[nH]c2=S)cc1. The molecule has 1 heterocycles. The Kier molecular flexibility index (Phi) is 5.44. The van der Waals surface area contributed by atoms with Gasteiger partial charge in [0.15, 0.2) is 5.82 Å². The van der Waals surface area contributed by atoms with E-state index < -0.39 is 0 Å². The monoisotopic (exact) mass is 302 g/mol. The third-order valence-electron chi connectivity index (χ3n) is 3.74. The van der Waals surface area contributed by atoms with E-state index in [0.717, 1.165) is 30.7 Å². The van der Waals surface area contributed by atoms with E-state index in [2.05, 4.69) is 60.3 Å². The van der Waals surface area contributed by atoms with Crippen LogP contribution in [-0.2, 0) is 6.42 Å². The van der Waals surface area contributed by atoms with Gasteiger partial charge in [-0.25, -0.2) is 0 Å². The van der Waals surface area contributed by atoms with Crippen LogP contribution in [0.1, 0.15) is 56.5 Å². The van der Waals surface area contributed by atoms with E-state index in [-0.39, 0.29) is 0 Å². The van der Waals surface area contributed by atoms with Gasteiger partial charge in [-0.2, -0.15) is 14.9 Å². The van der Waals surface area contributed by atoms with Crippen LogP contribution in [0.2, 0.25) is 0 Å². The standard InChI is InChI=1S/C16H22N4S/c1-4-12-7-9-13(10-8-12)11-17-20-15(14(5-2)6-3)18-19-16(20)21/h7-11,14H,4-6H2,1-3H3,(H,19,21)/b17-11-. The van der Waals surface area contributed by atoms with Crippen LogP contribution in [0.3, 0.4) is 0 Å². The molecule has 0 radical (unpaired) electrons. The van der Waals surface area contributed by atoms with Gasteiger partial charge in [0.25, 0.3) is 0 Å². The summed E-state index contributed by atoms with van der Waals surface area (Å²) in [5.41, 5.74) is 2.38. The average molecular weight is 302 g/mol. The average Bonchev–Trinajstić information content (AvgIpc) is 2.88. The number of aryl methyl sites for hydroxylation is 1. The summed E-state index contributed by atoms with van der Waals surface area (Å²) in [6, 6.07) is 8.39. The highest BCUT2D eigenvalue weighted by Gasteiger charge is 2.14. The molecule has 112 valence electrons. The maximum absolute atomic E-state index is 5.27. The molecule has 5 heteroatoms. The molecule has 0 aliphatic carbocycles. The van der Waals surface area contributed by atoms with E-state index in [4.69, 9.17) is 12.2 Å². The predicted molar refractivity (Wildman–Crippen MR) is 89.5 cm³/mol. The lowest BCUT2D eigenvalue weighted by molar-refractivity contribution is 0.571. The van der Waals surface area contributed by atoms with Gasteiger partial charge in [0.2, 0.25) is 4.77 Å². The molecule has 0 unspecified atom stereocenters. The molecular weight excluding hydrogens is 280 g/mol. The maximum Gasteiger partial charge on any atom is 0.216 e. The molecule has 0 saturated carbocycles. The second kappa shape index (κ2) is 7.31. The summed E-state index contributed by atoms with van der Waals surface area (Å²) in [6.45, 7) is 6.46. The highest BCUT2D eigenvalue weighted by atomic mass is 32.1. The molecule has 0 bridgehead atoms. The third kappa shape index (κ3) is 3.67. The van der Waals surface area contributed by atoms with Gasteiger partial charge in [0.05, 0.1) is 6.21 Å². The fourth-order valence-corrected chi connectivity index (χ4v) is 2.48. The minimum Gasteiger partial charge on any atom is -0.250 e. The van der Waals surface area contributed by atoms with Crippen LogP contribution in [0.15, 0.2) is 29.4 Å². The third-order valence-corrected chi connectivity index (χ3v) is 4.00. The Morgan fingerprint density at radius 3 is 2.48 bits per heavy atom. The van der Waals surface area contributed by atoms with Crippen molar-refractivity contribution in [1.29, 1.82) is 0 Å². The number of hydrogen-bond acceptors (Lipinski definition) is 3. The number of rotatable bonds is 6. The Hall–Kier alpha value is -1.75. The first-order chi connectivity index (χ1) is 10.2. The van der Waals surface area contributed by atoms with Gasteiger partial charge in [-0.05, 0) is 42.6 Å². The van der Waals surface area contributed by atoms with Crippen molar-refractivity contribution in [3.8, 4) is 0 Å². The van der Waals surface area contributed by atoms with Crippen LogP contribution >= 0.6 is 12.2 Å². The molecule has 0 amide bonds. The normalized spacial score (nSPS) is 11.6. The topological polar surface area (TPSA) is 46.0 Å². The van der Waals surface area contributed by atoms with Gasteiger partial charge >= 0.3 is 0 Å². The van der Waals surface area contributed by atoms with Crippen molar-refractivity contribution in [2.24, 2.45) is 5.10 Å². The van der Waals surface area contributed by atoms with E-state index >= 15 is 0 Å². The molecule has 0 aliphatic rings. The van der Waals surface area contributed by atoms with E-state index in [1.807, 2.05) is 6.21 Å². The zero-order valence-electron chi connectivity index (χ0n) is 12.8. The van der Waals surface area contributed by atoms with Crippen molar-refractivity contribution in [2.75, 3.05) is 0 Å². The van der Waals surface area contributed by atoms with Crippen LogP contribution in [0.25, 0.3) is 0 Å². The second-order valence-electron chi connectivity index (χ2n) is 5.05. The van der Waals surface area contributed by atoms with Crippen molar-refractivity contribution in [3.05, 3.63) is 46.0 Å². The molecular formula is C16H22N4S. The lowest BCUT2D eigenvalue weighted by Gasteiger charge is -2.10. The summed E-state index contributed by atoms with van der Waals surface area (Å²) in [5, 5.41) is 11.7. The van der Waals surface area contributed by atoms with Crippen molar-refractivity contribution >= 4 is 18.4 Å². The molecule has 1 N–H and O–H groups in total. The van der Waals surface area contributed by atoms with Crippen molar-refractivity contribution < 1.29 is 0 Å². The van der Waals surface area contributed by atoms with Crippen molar-refractivity contribution in [2.45, 2.75) is 46.0 Å².